The fourth-order valence-corrected chi connectivity index (χ4v) is 2.18. The van der Waals surface area contributed by atoms with Gasteiger partial charge in [0.2, 0.25) is 0 Å². The van der Waals surface area contributed by atoms with E-state index in [0.29, 0.717) is 0 Å². The number of rotatable bonds is 4. The summed E-state index contributed by atoms with van der Waals surface area (Å²) in [4.78, 5) is 13.6. The van der Waals surface area contributed by atoms with Crippen LogP contribution in [0.15, 0.2) is 30.5 Å². The lowest BCUT2D eigenvalue weighted by molar-refractivity contribution is -0.380. The van der Waals surface area contributed by atoms with Gasteiger partial charge in [0.25, 0.3) is 0 Å². The highest BCUT2D eigenvalue weighted by Gasteiger charge is 2.32. The number of aromatic nitrogens is 1. The summed E-state index contributed by atoms with van der Waals surface area (Å²) in [7, 11) is 0. The van der Waals surface area contributed by atoms with Crippen LogP contribution in [0.25, 0.3) is 0 Å². The molecule has 0 amide bonds. The van der Waals surface area contributed by atoms with E-state index in [-0.39, 0.29) is 22.2 Å². The SMILES string of the molecule is O=[N+]([O-])c1cnc(NCc2ccccc2C(F)(F)F)s1. The summed E-state index contributed by atoms with van der Waals surface area (Å²) in [6.07, 6.45) is -3.38. The van der Waals surface area contributed by atoms with Gasteiger partial charge in [0, 0.05) is 6.54 Å². The average molecular weight is 303 g/mol. The molecule has 20 heavy (non-hydrogen) atoms. The Kier molecular flexibility index (Phi) is 3.89. The monoisotopic (exact) mass is 303 g/mol. The van der Waals surface area contributed by atoms with Gasteiger partial charge in [-0.25, -0.2) is 4.98 Å². The van der Waals surface area contributed by atoms with E-state index in [1.807, 2.05) is 0 Å². The maximum Gasteiger partial charge on any atom is 0.416 e. The zero-order valence-electron chi connectivity index (χ0n) is 9.85. The Hall–Kier alpha value is -2.16. The van der Waals surface area contributed by atoms with E-state index in [0.717, 1.165) is 23.6 Å². The molecule has 0 saturated carbocycles. The minimum atomic E-state index is -4.44. The number of nitrogens with one attached hydrogen (secondary N) is 1. The van der Waals surface area contributed by atoms with Crippen molar-refractivity contribution in [2.75, 3.05) is 5.32 Å². The summed E-state index contributed by atoms with van der Waals surface area (Å²) in [5.74, 6) is 0. The summed E-state index contributed by atoms with van der Waals surface area (Å²) in [5, 5.41) is 13.2. The quantitative estimate of drug-likeness (QED) is 0.691. The molecule has 0 aliphatic heterocycles. The van der Waals surface area contributed by atoms with Crippen LogP contribution in [-0.4, -0.2) is 9.91 Å². The highest BCUT2D eigenvalue weighted by molar-refractivity contribution is 7.18. The molecule has 5 nitrogen and oxygen atoms in total. The van der Waals surface area contributed by atoms with Gasteiger partial charge in [-0.1, -0.05) is 18.2 Å². The van der Waals surface area contributed by atoms with Crippen molar-refractivity contribution in [2.45, 2.75) is 12.7 Å². The predicted molar refractivity (Wildman–Crippen MR) is 67.5 cm³/mol. The largest absolute Gasteiger partial charge is 0.416 e. The number of thiazole rings is 1. The molecule has 2 rings (SSSR count). The first-order valence-electron chi connectivity index (χ1n) is 5.37. The molecule has 0 saturated heterocycles. The lowest BCUT2D eigenvalue weighted by Gasteiger charge is -2.12. The molecule has 0 atom stereocenters. The van der Waals surface area contributed by atoms with Gasteiger partial charge < -0.3 is 5.32 Å². The molecule has 1 heterocycles. The molecule has 2 aromatic rings. The molecule has 0 bridgehead atoms. The molecular formula is C11H8F3N3O2S. The first kappa shape index (κ1) is 14.3. The van der Waals surface area contributed by atoms with Gasteiger partial charge in [-0.3, -0.25) is 10.1 Å². The number of alkyl halides is 3. The Balaban J connectivity index is 2.13. The van der Waals surface area contributed by atoms with Gasteiger partial charge in [-0.2, -0.15) is 13.2 Å². The van der Waals surface area contributed by atoms with E-state index in [1.54, 1.807) is 0 Å². The van der Waals surface area contributed by atoms with Crippen molar-refractivity contribution in [3.05, 3.63) is 51.7 Å². The maximum atomic E-state index is 12.8. The van der Waals surface area contributed by atoms with Crippen LogP contribution in [0.4, 0.5) is 23.3 Å². The third kappa shape index (κ3) is 3.23. The zero-order chi connectivity index (χ0) is 14.8. The second-order valence-electron chi connectivity index (χ2n) is 3.77. The Labute approximate surface area is 115 Å². The van der Waals surface area contributed by atoms with Crippen LogP contribution in [-0.2, 0) is 12.7 Å². The number of benzene rings is 1. The molecule has 0 radical (unpaired) electrons. The standard InChI is InChI=1S/C11H8F3N3O2S/c12-11(13,14)8-4-2-1-3-7(8)5-15-10-16-6-9(20-10)17(18)19/h1-4,6H,5H2,(H,15,16). The van der Waals surface area contributed by atoms with Gasteiger partial charge in [-0.15, -0.1) is 0 Å². The maximum absolute atomic E-state index is 12.8. The third-order valence-corrected chi connectivity index (χ3v) is 3.33. The molecule has 106 valence electrons. The van der Waals surface area contributed by atoms with Crippen LogP contribution in [0, 0.1) is 10.1 Å². The number of nitro groups is 1. The van der Waals surface area contributed by atoms with Crippen molar-refractivity contribution in [1.29, 1.82) is 0 Å². The van der Waals surface area contributed by atoms with Gasteiger partial charge in [0.15, 0.2) is 5.13 Å². The van der Waals surface area contributed by atoms with Crippen molar-refractivity contribution >= 4 is 21.5 Å². The minimum absolute atomic E-state index is 0.0536. The first-order valence-corrected chi connectivity index (χ1v) is 6.19. The van der Waals surface area contributed by atoms with E-state index in [1.165, 1.54) is 18.2 Å². The van der Waals surface area contributed by atoms with Gasteiger partial charge in [0.05, 0.1) is 10.5 Å². The number of hydrogen-bond donors (Lipinski definition) is 1. The summed E-state index contributed by atoms with van der Waals surface area (Å²) in [6, 6.07) is 5.14. The lowest BCUT2D eigenvalue weighted by atomic mass is 10.1. The van der Waals surface area contributed by atoms with Crippen LogP contribution >= 0.6 is 11.3 Å². The molecule has 1 aromatic heterocycles. The highest BCUT2D eigenvalue weighted by Crippen LogP contribution is 2.32. The van der Waals surface area contributed by atoms with Gasteiger partial charge in [-0.05, 0) is 23.0 Å². The molecular weight excluding hydrogens is 295 g/mol. The van der Waals surface area contributed by atoms with E-state index < -0.39 is 16.7 Å². The lowest BCUT2D eigenvalue weighted by Crippen LogP contribution is -2.11. The second kappa shape index (κ2) is 5.45. The van der Waals surface area contributed by atoms with Crippen molar-refractivity contribution < 1.29 is 18.1 Å². The topological polar surface area (TPSA) is 68.1 Å². The van der Waals surface area contributed by atoms with Crippen LogP contribution in [0.1, 0.15) is 11.1 Å². The average Bonchev–Trinajstić information content (AvgIpc) is 2.84. The highest BCUT2D eigenvalue weighted by atomic mass is 32.1. The normalized spacial score (nSPS) is 11.3. The van der Waals surface area contributed by atoms with Crippen molar-refractivity contribution in [1.82, 2.24) is 4.98 Å². The Morgan fingerprint density at radius 2 is 2.05 bits per heavy atom. The fraction of sp³-hybridized carbons (Fsp3) is 0.182. The summed E-state index contributed by atoms with van der Waals surface area (Å²) in [5.41, 5.74) is -0.684. The van der Waals surface area contributed by atoms with Crippen LogP contribution in [0.3, 0.4) is 0 Å². The minimum Gasteiger partial charge on any atom is -0.357 e. The van der Waals surface area contributed by atoms with Gasteiger partial charge in [0.1, 0.15) is 6.20 Å². The molecule has 1 aromatic carbocycles. The molecule has 0 spiro atoms. The second-order valence-corrected chi connectivity index (χ2v) is 4.78. The summed E-state index contributed by atoms with van der Waals surface area (Å²) < 4.78 is 38.3. The Bertz CT molecular complexity index is 627. The van der Waals surface area contributed by atoms with E-state index >= 15 is 0 Å². The van der Waals surface area contributed by atoms with Crippen LogP contribution in [0.2, 0.25) is 0 Å². The molecule has 9 heteroatoms. The van der Waals surface area contributed by atoms with Crippen LogP contribution in [0.5, 0.6) is 0 Å². The number of hydrogen-bond acceptors (Lipinski definition) is 5. The molecule has 0 unspecified atom stereocenters. The molecule has 0 fully saturated rings. The Morgan fingerprint density at radius 3 is 2.65 bits per heavy atom. The number of anilines is 1. The van der Waals surface area contributed by atoms with Crippen molar-refractivity contribution in [3.8, 4) is 0 Å². The smallest absolute Gasteiger partial charge is 0.357 e. The van der Waals surface area contributed by atoms with E-state index in [9.17, 15) is 23.3 Å². The first-order chi connectivity index (χ1) is 9.38. The van der Waals surface area contributed by atoms with E-state index in [2.05, 4.69) is 10.3 Å². The third-order valence-electron chi connectivity index (χ3n) is 2.43. The summed E-state index contributed by atoms with van der Waals surface area (Å²) >= 11 is 0.771. The molecule has 0 aliphatic carbocycles. The Morgan fingerprint density at radius 1 is 1.35 bits per heavy atom. The zero-order valence-corrected chi connectivity index (χ0v) is 10.7. The number of halogens is 3. The molecule has 0 aliphatic rings. The van der Waals surface area contributed by atoms with Crippen molar-refractivity contribution in [3.63, 3.8) is 0 Å². The fourth-order valence-electron chi connectivity index (χ4n) is 1.55. The van der Waals surface area contributed by atoms with E-state index in [4.69, 9.17) is 0 Å². The van der Waals surface area contributed by atoms with Crippen molar-refractivity contribution in [2.24, 2.45) is 0 Å². The predicted octanol–water partition coefficient (Wildman–Crippen LogP) is 3.68. The number of nitrogens with zero attached hydrogens (tertiary/aromatic N) is 2. The van der Waals surface area contributed by atoms with Crippen LogP contribution < -0.4 is 5.32 Å². The van der Waals surface area contributed by atoms with Gasteiger partial charge >= 0.3 is 11.2 Å². The molecule has 1 N–H and O–H groups in total. The summed E-state index contributed by atoms with van der Waals surface area (Å²) in [6.45, 7) is -0.111.